The normalized spacial score (nSPS) is 24.6. The van der Waals surface area contributed by atoms with E-state index in [1.165, 1.54) is 4.90 Å². The number of urea groups is 1. The Morgan fingerprint density at radius 1 is 1.22 bits per heavy atom. The number of rotatable bonds is 3. The molecule has 3 heterocycles. The van der Waals surface area contributed by atoms with E-state index in [9.17, 15) is 14.4 Å². The van der Waals surface area contributed by atoms with Crippen LogP contribution in [0.2, 0.25) is 5.02 Å². The van der Waals surface area contributed by atoms with E-state index in [4.69, 9.17) is 16.3 Å². The van der Waals surface area contributed by atoms with E-state index in [1.807, 2.05) is 0 Å². The number of nitrogens with one attached hydrogen (secondary N) is 1. The first-order valence-corrected chi connectivity index (χ1v) is 9.65. The average molecular weight is 392 g/mol. The number of carbonyl (C=O) groups excluding carboxylic acids is 3. The largest absolute Gasteiger partial charge is 0.368 e. The van der Waals surface area contributed by atoms with Crippen molar-refractivity contribution in [1.29, 1.82) is 0 Å². The van der Waals surface area contributed by atoms with Crippen molar-refractivity contribution in [3.8, 4) is 0 Å². The molecule has 144 valence electrons. The van der Waals surface area contributed by atoms with E-state index in [0.717, 1.165) is 18.4 Å². The summed E-state index contributed by atoms with van der Waals surface area (Å²) >= 11 is 5.89. The molecule has 0 radical (unpaired) electrons. The third kappa shape index (κ3) is 3.41. The zero-order valence-corrected chi connectivity index (χ0v) is 15.7. The SMILES string of the molecule is O=C([C@H]1CCCO1)N1CCC2(CC1)NC(=O)N(Cc1ccc(Cl)cc1)C2=O. The number of benzene rings is 1. The summed E-state index contributed by atoms with van der Waals surface area (Å²) in [6.07, 6.45) is 2.16. The second-order valence-electron chi connectivity index (χ2n) is 7.36. The number of hydrogen-bond acceptors (Lipinski definition) is 4. The van der Waals surface area contributed by atoms with Crippen LogP contribution in [0.4, 0.5) is 4.79 Å². The molecule has 0 bridgehead atoms. The van der Waals surface area contributed by atoms with Gasteiger partial charge in [-0.15, -0.1) is 0 Å². The highest BCUT2D eigenvalue weighted by atomic mass is 35.5. The maximum absolute atomic E-state index is 13.0. The number of amides is 4. The molecule has 0 saturated carbocycles. The Balaban J connectivity index is 1.41. The Labute approximate surface area is 162 Å². The fraction of sp³-hybridized carbons (Fsp3) is 0.526. The van der Waals surface area contributed by atoms with Crippen molar-refractivity contribution in [1.82, 2.24) is 15.1 Å². The molecule has 0 aliphatic carbocycles. The maximum Gasteiger partial charge on any atom is 0.325 e. The van der Waals surface area contributed by atoms with Crippen LogP contribution < -0.4 is 5.32 Å². The van der Waals surface area contributed by atoms with Gasteiger partial charge in [0.05, 0.1) is 6.54 Å². The van der Waals surface area contributed by atoms with Gasteiger partial charge >= 0.3 is 6.03 Å². The molecule has 7 nitrogen and oxygen atoms in total. The number of hydrogen-bond donors (Lipinski definition) is 1. The number of imide groups is 1. The molecule has 1 spiro atoms. The summed E-state index contributed by atoms with van der Waals surface area (Å²) in [5.74, 6) is -0.219. The van der Waals surface area contributed by atoms with E-state index in [1.54, 1.807) is 29.2 Å². The van der Waals surface area contributed by atoms with Crippen LogP contribution in [0.25, 0.3) is 0 Å². The van der Waals surface area contributed by atoms with Gasteiger partial charge in [-0.25, -0.2) is 4.79 Å². The first-order valence-electron chi connectivity index (χ1n) is 9.27. The van der Waals surface area contributed by atoms with Gasteiger partial charge in [0, 0.05) is 24.7 Å². The summed E-state index contributed by atoms with van der Waals surface area (Å²) in [7, 11) is 0. The van der Waals surface area contributed by atoms with Crippen LogP contribution in [0.15, 0.2) is 24.3 Å². The third-order valence-electron chi connectivity index (χ3n) is 5.63. The molecule has 4 amide bonds. The Morgan fingerprint density at radius 2 is 1.93 bits per heavy atom. The molecule has 1 aromatic carbocycles. The number of piperidine rings is 1. The first-order chi connectivity index (χ1) is 13.0. The summed E-state index contributed by atoms with van der Waals surface area (Å²) < 4.78 is 5.47. The predicted molar refractivity (Wildman–Crippen MR) is 98.1 cm³/mol. The summed E-state index contributed by atoms with van der Waals surface area (Å²) in [4.78, 5) is 40.9. The van der Waals surface area contributed by atoms with Crippen molar-refractivity contribution < 1.29 is 19.1 Å². The lowest BCUT2D eigenvalue weighted by molar-refractivity contribution is -0.145. The van der Waals surface area contributed by atoms with Crippen LogP contribution in [-0.2, 0) is 20.9 Å². The number of likely N-dealkylation sites (tertiary alicyclic amines) is 1. The molecule has 27 heavy (non-hydrogen) atoms. The Morgan fingerprint density at radius 3 is 2.56 bits per heavy atom. The van der Waals surface area contributed by atoms with Gasteiger partial charge in [-0.05, 0) is 43.4 Å². The summed E-state index contributed by atoms with van der Waals surface area (Å²) in [6, 6.07) is 6.70. The van der Waals surface area contributed by atoms with Crippen molar-refractivity contribution in [2.75, 3.05) is 19.7 Å². The van der Waals surface area contributed by atoms with Crippen LogP contribution in [0.3, 0.4) is 0 Å². The van der Waals surface area contributed by atoms with E-state index in [0.29, 0.717) is 37.6 Å². The zero-order chi connectivity index (χ0) is 19.0. The van der Waals surface area contributed by atoms with Gasteiger partial charge in [0.25, 0.3) is 11.8 Å². The highest BCUT2D eigenvalue weighted by Gasteiger charge is 2.52. The number of ether oxygens (including phenoxy) is 1. The summed E-state index contributed by atoms with van der Waals surface area (Å²) in [6.45, 7) is 1.73. The lowest BCUT2D eigenvalue weighted by Gasteiger charge is -2.38. The van der Waals surface area contributed by atoms with E-state index in [-0.39, 0.29) is 30.5 Å². The molecule has 3 saturated heterocycles. The fourth-order valence-corrected chi connectivity index (χ4v) is 4.14. The van der Waals surface area contributed by atoms with Gasteiger partial charge in [-0.2, -0.15) is 0 Å². The van der Waals surface area contributed by atoms with Gasteiger partial charge in [0.15, 0.2) is 0 Å². The van der Waals surface area contributed by atoms with E-state index >= 15 is 0 Å². The molecule has 3 fully saturated rings. The molecule has 1 N–H and O–H groups in total. The predicted octanol–water partition coefficient (Wildman–Crippen LogP) is 1.93. The van der Waals surface area contributed by atoms with E-state index in [2.05, 4.69) is 5.32 Å². The highest BCUT2D eigenvalue weighted by molar-refractivity contribution is 6.30. The van der Waals surface area contributed by atoms with Crippen LogP contribution in [0, 0.1) is 0 Å². The molecular formula is C19H22ClN3O4. The second kappa shape index (κ2) is 7.13. The molecule has 1 atom stereocenters. The topological polar surface area (TPSA) is 79.0 Å². The first kappa shape index (κ1) is 18.3. The monoisotopic (exact) mass is 391 g/mol. The van der Waals surface area contributed by atoms with Crippen molar-refractivity contribution in [2.24, 2.45) is 0 Å². The molecule has 3 aliphatic rings. The van der Waals surface area contributed by atoms with Crippen molar-refractivity contribution in [2.45, 2.75) is 43.9 Å². The standard InChI is InChI=1S/C19H22ClN3O4/c20-14-5-3-13(4-6-14)12-23-17(25)19(21-18(23)26)7-9-22(10-8-19)16(24)15-2-1-11-27-15/h3-6,15H,1-2,7-12H2,(H,21,26)/t15-/m1/s1. The van der Waals surface area contributed by atoms with Crippen molar-refractivity contribution >= 4 is 29.4 Å². The number of carbonyl (C=O) groups is 3. The lowest BCUT2D eigenvalue weighted by atomic mass is 9.87. The molecule has 0 unspecified atom stereocenters. The Kier molecular flexibility index (Phi) is 4.82. The molecular weight excluding hydrogens is 370 g/mol. The van der Waals surface area contributed by atoms with Crippen molar-refractivity contribution in [3.05, 3.63) is 34.9 Å². The lowest BCUT2D eigenvalue weighted by Crippen LogP contribution is -2.57. The number of halogens is 1. The highest BCUT2D eigenvalue weighted by Crippen LogP contribution is 2.31. The fourth-order valence-electron chi connectivity index (χ4n) is 4.02. The van der Waals surface area contributed by atoms with Crippen LogP contribution in [-0.4, -0.2) is 59.0 Å². The second-order valence-corrected chi connectivity index (χ2v) is 7.79. The van der Waals surface area contributed by atoms with Gasteiger partial charge < -0.3 is 15.0 Å². The van der Waals surface area contributed by atoms with Gasteiger partial charge in [0.2, 0.25) is 0 Å². The van der Waals surface area contributed by atoms with Crippen LogP contribution in [0.5, 0.6) is 0 Å². The van der Waals surface area contributed by atoms with Gasteiger partial charge in [-0.3, -0.25) is 14.5 Å². The van der Waals surface area contributed by atoms with Gasteiger partial charge in [-0.1, -0.05) is 23.7 Å². The quantitative estimate of drug-likeness (QED) is 0.798. The van der Waals surface area contributed by atoms with Crippen LogP contribution in [0.1, 0.15) is 31.2 Å². The minimum Gasteiger partial charge on any atom is -0.368 e. The summed E-state index contributed by atoms with van der Waals surface area (Å²) in [5, 5.41) is 3.48. The maximum atomic E-state index is 13.0. The van der Waals surface area contributed by atoms with Crippen molar-refractivity contribution in [3.63, 3.8) is 0 Å². The molecule has 0 aromatic heterocycles. The number of nitrogens with zero attached hydrogens (tertiary/aromatic N) is 2. The zero-order valence-electron chi connectivity index (χ0n) is 14.9. The minimum atomic E-state index is -0.906. The molecule has 3 aliphatic heterocycles. The molecule has 8 heteroatoms. The van der Waals surface area contributed by atoms with E-state index < -0.39 is 5.54 Å². The average Bonchev–Trinajstić information content (AvgIpc) is 3.28. The summed E-state index contributed by atoms with van der Waals surface area (Å²) in [5.41, 5.74) is -0.0671. The van der Waals surface area contributed by atoms with Gasteiger partial charge in [0.1, 0.15) is 11.6 Å². The molecule has 1 aromatic rings. The third-order valence-corrected chi connectivity index (χ3v) is 5.89. The van der Waals surface area contributed by atoms with Crippen LogP contribution >= 0.6 is 11.6 Å². The Hall–Kier alpha value is -2.12. The Bertz CT molecular complexity index is 753. The minimum absolute atomic E-state index is 0.00265. The smallest absolute Gasteiger partial charge is 0.325 e. The molecule has 4 rings (SSSR count).